The minimum Gasteiger partial charge on any atom is -0.380 e. The maximum Gasteiger partial charge on any atom is 0.0593 e. The third-order valence-corrected chi connectivity index (χ3v) is 4.63. The molecule has 0 spiro atoms. The zero-order valence-corrected chi connectivity index (χ0v) is 13.7. The first kappa shape index (κ1) is 16.3. The van der Waals surface area contributed by atoms with E-state index in [0.717, 1.165) is 37.6 Å². The molecule has 2 unspecified atom stereocenters. The van der Waals surface area contributed by atoms with Gasteiger partial charge in [0.1, 0.15) is 0 Å². The first-order valence-electron chi connectivity index (χ1n) is 8.75. The Balaban J connectivity index is 1.74. The summed E-state index contributed by atoms with van der Waals surface area (Å²) < 4.78 is 5.78. The first-order chi connectivity index (χ1) is 9.70. The third kappa shape index (κ3) is 5.34. The van der Waals surface area contributed by atoms with Crippen molar-refractivity contribution in [2.24, 2.45) is 11.8 Å². The van der Waals surface area contributed by atoms with Gasteiger partial charge in [-0.3, -0.25) is 4.90 Å². The van der Waals surface area contributed by atoms with E-state index in [-0.39, 0.29) is 0 Å². The molecule has 2 aliphatic rings. The van der Waals surface area contributed by atoms with Crippen molar-refractivity contribution >= 4 is 0 Å². The van der Waals surface area contributed by atoms with E-state index >= 15 is 0 Å². The predicted octanol–water partition coefficient (Wildman–Crippen LogP) is 2.90. The molecule has 0 bridgehead atoms. The fourth-order valence-electron chi connectivity index (χ4n) is 3.36. The lowest BCUT2D eigenvalue weighted by Gasteiger charge is -2.41. The van der Waals surface area contributed by atoms with Crippen molar-refractivity contribution in [2.45, 2.75) is 65.0 Å². The van der Waals surface area contributed by atoms with Crippen molar-refractivity contribution in [3.8, 4) is 0 Å². The number of nitrogens with one attached hydrogen (secondary N) is 1. The second-order valence-corrected chi connectivity index (χ2v) is 7.10. The SMILES string of the molecule is CCCCOCCN1CC(CC(C)C)NCC1C1CC1. The largest absolute Gasteiger partial charge is 0.380 e. The number of rotatable bonds is 9. The molecule has 1 aliphatic heterocycles. The van der Waals surface area contributed by atoms with Gasteiger partial charge >= 0.3 is 0 Å². The Bertz CT molecular complexity index is 266. The van der Waals surface area contributed by atoms with Crippen LogP contribution >= 0.6 is 0 Å². The summed E-state index contributed by atoms with van der Waals surface area (Å²) in [5.74, 6) is 1.74. The van der Waals surface area contributed by atoms with Gasteiger partial charge in [0, 0.05) is 38.3 Å². The molecule has 1 saturated carbocycles. The molecule has 0 amide bonds. The fraction of sp³-hybridized carbons (Fsp3) is 1.00. The average Bonchev–Trinajstić information content (AvgIpc) is 3.22. The summed E-state index contributed by atoms with van der Waals surface area (Å²) in [4.78, 5) is 2.72. The molecular weight excluding hydrogens is 248 g/mol. The molecule has 0 aromatic carbocycles. The van der Waals surface area contributed by atoms with Crippen LogP contribution in [0.25, 0.3) is 0 Å². The maximum absolute atomic E-state index is 5.78. The van der Waals surface area contributed by atoms with Gasteiger partial charge in [0.2, 0.25) is 0 Å². The Morgan fingerprint density at radius 3 is 2.70 bits per heavy atom. The van der Waals surface area contributed by atoms with Crippen molar-refractivity contribution < 1.29 is 4.74 Å². The third-order valence-electron chi connectivity index (χ3n) is 4.63. The Labute approximate surface area is 125 Å². The molecule has 20 heavy (non-hydrogen) atoms. The van der Waals surface area contributed by atoms with Crippen LogP contribution in [-0.2, 0) is 4.74 Å². The van der Waals surface area contributed by atoms with Gasteiger partial charge in [0.25, 0.3) is 0 Å². The molecular formula is C17H34N2O. The lowest BCUT2D eigenvalue weighted by Crippen LogP contribution is -2.58. The van der Waals surface area contributed by atoms with Gasteiger partial charge in [-0.2, -0.15) is 0 Å². The van der Waals surface area contributed by atoms with Gasteiger partial charge in [-0.1, -0.05) is 27.2 Å². The number of ether oxygens (including phenoxy) is 1. The molecule has 3 heteroatoms. The Hall–Kier alpha value is -0.120. The topological polar surface area (TPSA) is 24.5 Å². The van der Waals surface area contributed by atoms with Gasteiger partial charge in [0.05, 0.1) is 6.61 Å². The molecule has 2 fully saturated rings. The van der Waals surface area contributed by atoms with Gasteiger partial charge in [-0.05, 0) is 37.5 Å². The quantitative estimate of drug-likeness (QED) is 0.658. The van der Waals surface area contributed by atoms with Crippen molar-refractivity contribution in [3.05, 3.63) is 0 Å². The molecule has 1 saturated heterocycles. The normalized spacial score (nSPS) is 28.2. The van der Waals surface area contributed by atoms with Gasteiger partial charge in [0.15, 0.2) is 0 Å². The van der Waals surface area contributed by atoms with Gasteiger partial charge < -0.3 is 10.1 Å². The van der Waals surface area contributed by atoms with Gasteiger partial charge in [-0.15, -0.1) is 0 Å². The summed E-state index contributed by atoms with van der Waals surface area (Å²) in [6.07, 6.45) is 6.60. The van der Waals surface area contributed by atoms with Crippen molar-refractivity contribution in [3.63, 3.8) is 0 Å². The summed E-state index contributed by atoms with van der Waals surface area (Å²) in [7, 11) is 0. The molecule has 0 radical (unpaired) electrons. The van der Waals surface area contributed by atoms with Crippen LogP contribution in [0.5, 0.6) is 0 Å². The predicted molar refractivity (Wildman–Crippen MR) is 85.1 cm³/mol. The van der Waals surface area contributed by atoms with E-state index in [1.54, 1.807) is 0 Å². The summed E-state index contributed by atoms with van der Waals surface area (Å²) in [5, 5.41) is 3.78. The highest BCUT2D eigenvalue weighted by molar-refractivity contribution is 4.95. The van der Waals surface area contributed by atoms with Crippen LogP contribution in [0.4, 0.5) is 0 Å². The van der Waals surface area contributed by atoms with E-state index < -0.39 is 0 Å². The van der Waals surface area contributed by atoms with Crippen molar-refractivity contribution in [1.29, 1.82) is 0 Å². The number of piperazine rings is 1. The zero-order valence-electron chi connectivity index (χ0n) is 13.7. The van der Waals surface area contributed by atoms with E-state index in [0.29, 0.717) is 6.04 Å². The molecule has 2 atom stereocenters. The Kier molecular flexibility index (Phi) is 6.79. The molecule has 1 aliphatic carbocycles. The molecule has 118 valence electrons. The van der Waals surface area contributed by atoms with E-state index in [2.05, 4.69) is 31.0 Å². The second kappa shape index (κ2) is 8.35. The van der Waals surface area contributed by atoms with E-state index in [1.807, 2.05) is 0 Å². The van der Waals surface area contributed by atoms with Crippen LogP contribution in [0.15, 0.2) is 0 Å². The van der Waals surface area contributed by atoms with Crippen molar-refractivity contribution in [1.82, 2.24) is 10.2 Å². The molecule has 3 nitrogen and oxygen atoms in total. The summed E-state index contributed by atoms with van der Waals surface area (Å²) in [5.41, 5.74) is 0. The molecule has 2 rings (SSSR count). The first-order valence-corrected chi connectivity index (χ1v) is 8.75. The van der Waals surface area contributed by atoms with Gasteiger partial charge in [-0.25, -0.2) is 0 Å². The number of hydrogen-bond donors (Lipinski definition) is 1. The lowest BCUT2D eigenvalue weighted by molar-refractivity contribution is 0.0546. The Morgan fingerprint density at radius 2 is 2.05 bits per heavy atom. The minimum atomic E-state index is 0.681. The van der Waals surface area contributed by atoms with Crippen LogP contribution in [0.2, 0.25) is 0 Å². The van der Waals surface area contributed by atoms with Crippen LogP contribution < -0.4 is 5.32 Å². The molecule has 0 aromatic rings. The smallest absolute Gasteiger partial charge is 0.0593 e. The minimum absolute atomic E-state index is 0.681. The highest BCUT2D eigenvalue weighted by Gasteiger charge is 2.38. The average molecular weight is 282 g/mol. The van der Waals surface area contributed by atoms with E-state index in [9.17, 15) is 0 Å². The summed E-state index contributed by atoms with van der Waals surface area (Å²) >= 11 is 0. The standard InChI is InChI=1S/C17H34N2O/c1-4-5-9-20-10-8-19-13-16(11-14(2)3)18-12-17(19)15-6-7-15/h14-18H,4-13H2,1-3H3. The van der Waals surface area contributed by atoms with Crippen LogP contribution in [0, 0.1) is 11.8 Å². The molecule has 1 N–H and O–H groups in total. The Morgan fingerprint density at radius 1 is 1.25 bits per heavy atom. The molecule has 1 heterocycles. The second-order valence-electron chi connectivity index (χ2n) is 7.10. The summed E-state index contributed by atoms with van der Waals surface area (Å²) in [6, 6.07) is 1.45. The van der Waals surface area contributed by atoms with E-state index in [1.165, 1.54) is 45.2 Å². The van der Waals surface area contributed by atoms with Crippen LogP contribution in [0.3, 0.4) is 0 Å². The van der Waals surface area contributed by atoms with Crippen LogP contribution in [-0.4, -0.2) is 49.8 Å². The van der Waals surface area contributed by atoms with E-state index in [4.69, 9.17) is 4.74 Å². The lowest BCUT2D eigenvalue weighted by atomic mass is 9.98. The number of unbranched alkanes of at least 4 members (excludes halogenated alkanes) is 1. The maximum atomic E-state index is 5.78. The molecule has 0 aromatic heterocycles. The van der Waals surface area contributed by atoms with Crippen molar-refractivity contribution in [2.75, 3.05) is 32.8 Å². The fourth-order valence-corrected chi connectivity index (χ4v) is 3.36. The number of nitrogens with zero attached hydrogens (tertiary/aromatic N) is 1. The summed E-state index contributed by atoms with van der Waals surface area (Å²) in [6.45, 7) is 12.3. The zero-order chi connectivity index (χ0) is 14.4. The highest BCUT2D eigenvalue weighted by Crippen LogP contribution is 2.36. The number of hydrogen-bond acceptors (Lipinski definition) is 3. The monoisotopic (exact) mass is 282 g/mol. The van der Waals surface area contributed by atoms with Crippen LogP contribution in [0.1, 0.15) is 52.9 Å². The highest BCUT2D eigenvalue weighted by atomic mass is 16.5.